The number of amidine groups is 1. The predicted molar refractivity (Wildman–Crippen MR) is 88.1 cm³/mol. The fourth-order valence-electron chi connectivity index (χ4n) is 1.97. The van der Waals surface area contributed by atoms with Gasteiger partial charge in [0.15, 0.2) is 5.17 Å². The number of hydrogen-bond donors (Lipinski definition) is 0. The van der Waals surface area contributed by atoms with Crippen LogP contribution in [0.15, 0.2) is 32.7 Å². The van der Waals surface area contributed by atoms with Crippen molar-refractivity contribution in [1.29, 1.82) is 0 Å². The molecule has 1 aliphatic rings. The van der Waals surface area contributed by atoms with Gasteiger partial charge in [-0.2, -0.15) is 0 Å². The molecular weight excluding hydrogens is 284 g/mol. The highest BCUT2D eigenvalue weighted by atomic mass is 32.2. The second kappa shape index (κ2) is 8.08. The number of thioether (sulfide) groups is 1. The highest BCUT2D eigenvalue weighted by molar-refractivity contribution is 8.18. The lowest BCUT2D eigenvalue weighted by atomic mass is 10.3. The monoisotopic (exact) mass is 306 g/mol. The molecule has 0 atom stereocenters. The summed E-state index contributed by atoms with van der Waals surface area (Å²) in [7, 11) is 0. The summed E-state index contributed by atoms with van der Waals surface area (Å²) in [5.41, 5.74) is 0. The van der Waals surface area contributed by atoms with E-state index in [0.29, 0.717) is 10.7 Å². The Morgan fingerprint density at radius 1 is 1.33 bits per heavy atom. The maximum Gasteiger partial charge on any atom is 0.266 e. The first kappa shape index (κ1) is 15.9. The molecule has 0 bridgehead atoms. The van der Waals surface area contributed by atoms with Crippen LogP contribution in [0.1, 0.15) is 45.3 Å². The highest BCUT2D eigenvalue weighted by Gasteiger charge is 2.32. The highest BCUT2D eigenvalue weighted by Crippen LogP contribution is 2.32. The lowest BCUT2D eigenvalue weighted by molar-refractivity contribution is -0.122. The van der Waals surface area contributed by atoms with E-state index in [-0.39, 0.29) is 5.91 Å². The predicted octanol–water partition coefficient (Wildman–Crippen LogP) is 4.15. The number of carbonyl (C=O) groups is 1. The third-order valence-electron chi connectivity index (χ3n) is 3.20. The minimum atomic E-state index is 0.0418. The van der Waals surface area contributed by atoms with E-state index in [1.165, 1.54) is 11.8 Å². The van der Waals surface area contributed by atoms with Crippen molar-refractivity contribution >= 4 is 28.9 Å². The zero-order valence-electron chi connectivity index (χ0n) is 12.7. The Labute approximate surface area is 130 Å². The number of aliphatic imine (C=N–C) groups is 1. The molecule has 1 fully saturated rings. The van der Waals surface area contributed by atoms with E-state index in [1.54, 1.807) is 17.2 Å². The lowest BCUT2D eigenvalue weighted by Gasteiger charge is -2.14. The van der Waals surface area contributed by atoms with Crippen molar-refractivity contribution in [2.24, 2.45) is 4.99 Å². The average molecular weight is 306 g/mol. The van der Waals surface area contributed by atoms with Crippen molar-refractivity contribution in [3.05, 3.63) is 29.1 Å². The average Bonchev–Trinajstić information content (AvgIpc) is 3.08. The van der Waals surface area contributed by atoms with Gasteiger partial charge in [-0.25, -0.2) is 0 Å². The summed E-state index contributed by atoms with van der Waals surface area (Å²) in [6, 6.07) is 3.67. The van der Waals surface area contributed by atoms with Gasteiger partial charge in [-0.3, -0.25) is 14.7 Å². The Bertz CT molecular complexity index is 520. The topological polar surface area (TPSA) is 45.8 Å². The number of amides is 1. The van der Waals surface area contributed by atoms with Crippen LogP contribution in [0.25, 0.3) is 6.08 Å². The van der Waals surface area contributed by atoms with E-state index in [1.807, 2.05) is 12.1 Å². The summed E-state index contributed by atoms with van der Waals surface area (Å²) in [5.74, 6) is 0.746. The smallest absolute Gasteiger partial charge is 0.266 e. The summed E-state index contributed by atoms with van der Waals surface area (Å²) >= 11 is 1.45. The van der Waals surface area contributed by atoms with Gasteiger partial charge >= 0.3 is 0 Å². The Morgan fingerprint density at radius 3 is 2.81 bits per heavy atom. The number of unbranched alkanes of at least 4 members (excludes halogenated alkanes) is 2. The second-order valence-corrected chi connectivity index (χ2v) is 5.96. The molecule has 2 rings (SSSR count). The van der Waals surface area contributed by atoms with Gasteiger partial charge in [-0.05, 0) is 36.7 Å². The number of furan rings is 1. The SMILES string of the molecule is CCCCN=C1SC(=Cc2ccco2)C(=O)N1CCCC. The van der Waals surface area contributed by atoms with E-state index in [2.05, 4.69) is 18.8 Å². The summed E-state index contributed by atoms with van der Waals surface area (Å²) < 4.78 is 5.29. The molecule has 0 N–H and O–H groups in total. The van der Waals surface area contributed by atoms with Gasteiger partial charge in [0.2, 0.25) is 0 Å². The van der Waals surface area contributed by atoms with Crippen LogP contribution < -0.4 is 0 Å². The van der Waals surface area contributed by atoms with Crippen molar-refractivity contribution in [1.82, 2.24) is 4.90 Å². The molecule has 5 heteroatoms. The van der Waals surface area contributed by atoms with Gasteiger partial charge in [0, 0.05) is 19.2 Å². The molecule has 0 radical (unpaired) electrons. The molecule has 1 aromatic rings. The Kier molecular flexibility index (Phi) is 6.11. The minimum absolute atomic E-state index is 0.0418. The Hall–Kier alpha value is -1.49. The first-order chi connectivity index (χ1) is 10.3. The van der Waals surface area contributed by atoms with Crippen LogP contribution in [0, 0.1) is 0 Å². The van der Waals surface area contributed by atoms with Gasteiger partial charge in [0.25, 0.3) is 5.91 Å². The number of nitrogens with zero attached hydrogens (tertiary/aromatic N) is 2. The van der Waals surface area contributed by atoms with Crippen LogP contribution >= 0.6 is 11.8 Å². The first-order valence-corrected chi connectivity index (χ1v) is 8.37. The molecule has 21 heavy (non-hydrogen) atoms. The van der Waals surface area contributed by atoms with E-state index >= 15 is 0 Å². The lowest BCUT2D eigenvalue weighted by Crippen LogP contribution is -2.30. The third kappa shape index (κ3) is 4.24. The zero-order chi connectivity index (χ0) is 15.1. The van der Waals surface area contributed by atoms with Crippen LogP contribution in [0.2, 0.25) is 0 Å². The first-order valence-electron chi connectivity index (χ1n) is 7.55. The molecule has 1 saturated heterocycles. The fourth-order valence-corrected chi connectivity index (χ4v) is 2.98. The second-order valence-electron chi connectivity index (χ2n) is 4.95. The molecule has 0 aliphatic carbocycles. The molecule has 0 unspecified atom stereocenters. The van der Waals surface area contributed by atoms with E-state index < -0.39 is 0 Å². The van der Waals surface area contributed by atoms with Crippen LogP contribution in [-0.2, 0) is 4.79 Å². The van der Waals surface area contributed by atoms with Crippen LogP contribution in [0.4, 0.5) is 0 Å². The Balaban J connectivity index is 2.15. The minimum Gasteiger partial charge on any atom is -0.465 e. The summed E-state index contributed by atoms with van der Waals surface area (Å²) in [5, 5.41) is 0.833. The largest absolute Gasteiger partial charge is 0.465 e. The molecular formula is C16H22N2O2S. The van der Waals surface area contributed by atoms with Crippen molar-refractivity contribution in [2.75, 3.05) is 13.1 Å². The summed E-state index contributed by atoms with van der Waals surface area (Å²) in [6.45, 7) is 5.79. The van der Waals surface area contributed by atoms with Crippen LogP contribution in [0.3, 0.4) is 0 Å². The molecule has 2 heterocycles. The van der Waals surface area contributed by atoms with E-state index in [9.17, 15) is 4.79 Å². The number of rotatable bonds is 7. The van der Waals surface area contributed by atoms with Crippen molar-refractivity contribution in [3.8, 4) is 0 Å². The summed E-state index contributed by atoms with van der Waals surface area (Å²) in [6.07, 6.45) is 7.63. The standard InChI is InChI=1S/C16H22N2O2S/c1-3-5-9-17-16-18(10-6-4-2)15(19)14(21-16)12-13-8-7-11-20-13/h7-8,11-12H,3-6,9-10H2,1-2H3. The fraction of sp³-hybridized carbons (Fsp3) is 0.500. The van der Waals surface area contributed by atoms with E-state index in [0.717, 1.165) is 43.9 Å². The van der Waals surface area contributed by atoms with Crippen molar-refractivity contribution in [2.45, 2.75) is 39.5 Å². The molecule has 1 aliphatic heterocycles. The molecule has 0 saturated carbocycles. The van der Waals surface area contributed by atoms with Gasteiger partial charge in [-0.15, -0.1) is 0 Å². The maximum absolute atomic E-state index is 12.5. The maximum atomic E-state index is 12.5. The van der Waals surface area contributed by atoms with Gasteiger partial charge in [-0.1, -0.05) is 26.7 Å². The molecule has 114 valence electrons. The van der Waals surface area contributed by atoms with Crippen molar-refractivity contribution < 1.29 is 9.21 Å². The van der Waals surface area contributed by atoms with Crippen molar-refractivity contribution in [3.63, 3.8) is 0 Å². The molecule has 1 amide bonds. The van der Waals surface area contributed by atoms with Gasteiger partial charge in [0.05, 0.1) is 11.2 Å². The van der Waals surface area contributed by atoms with E-state index in [4.69, 9.17) is 4.42 Å². The summed E-state index contributed by atoms with van der Waals surface area (Å²) in [4.78, 5) is 19.6. The Morgan fingerprint density at radius 2 is 2.14 bits per heavy atom. The molecule has 0 aromatic carbocycles. The van der Waals surface area contributed by atoms with Crippen LogP contribution in [0.5, 0.6) is 0 Å². The number of hydrogen-bond acceptors (Lipinski definition) is 4. The quantitative estimate of drug-likeness (QED) is 0.561. The molecule has 0 spiro atoms. The molecule has 4 nitrogen and oxygen atoms in total. The normalized spacial score (nSPS) is 19.1. The molecule has 1 aromatic heterocycles. The van der Waals surface area contributed by atoms with Gasteiger partial charge in [0.1, 0.15) is 5.76 Å². The van der Waals surface area contributed by atoms with Gasteiger partial charge < -0.3 is 4.42 Å². The number of carbonyl (C=O) groups excluding carboxylic acids is 1. The third-order valence-corrected chi connectivity index (χ3v) is 4.24. The zero-order valence-corrected chi connectivity index (χ0v) is 13.5. The van der Waals surface area contributed by atoms with Crippen LogP contribution in [-0.4, -0.2) is 29.1 Å².